The lowest BCUT2D eigenvalue weighted by atomic mass is 10.2. The number of fused-ring (bicyclic) bond motifs is 1. The number of para-hydroxylation sites is 1. The molecular weight excluding hydrogens is 450 g/mol. The third-order valence-electron chi connectivity index (χ3n) is 4.77. The van der Waals surface area contributed by atoms with Crippen molar-refractivity contribution in [3.05, 3.63) is 57.8 Å². The molecule has 1 aromatic heterocycles. The summed E-state index contributed by atoms with van der Waals surface area (Å²) in [5.74, 6) is 0.308. The molecule has 0 radical (unpaired) electrons. The minimum atomic E-state index is -0.498. The van der Waals surface area contributed by atoms with Crippen LogP contribution in [-0.4, -0.2) is 41.0 Å². The van der Waals surface area contributed by atoms with Gasteiger partial charge in [-0.15, -0.1) is 0 Å². The molecule has 32 heavy (non-hydrogen) atoms. The fourth-order valence-electron chi connectivity index (χ4n) is 3.10. The van der Waals surface area contributed by atoms with E-state index in [-0.39, 0.29) is 11.5 Å². The number of anilines is 1. The Morgan fingerprint density at radius 1 is 1.28 bits per heavy atom. The molecule has 0 aliphatic rings. The first-order valence-electron chi connectivity index (χ1n) is 10.3. The van der Waals surface area contributed by atoms with Crippen LogP contribution in [0, 0.1) is 0 Å². The van der Waals surface area contributed by atoms with E-state index >= 15 is 0 Å². The van der Waals surface area contributed by atoms with Gasteiger partial charge in [-0.25, -0.2) is 4.98 Å². The van der Waals surface area contributed by atoms with Gasteiger partial charge < -0.3 is 14.8 Å². The summed E-state index contributed by atoms with van der Waals surface area (Å²) in [6.07, 6.45) is 0.673. The van der Waals surface area contributed by atoms with Gasteiger partial charge in [0.15, 0.2) is 5.16 Å². The van der Waals surface area contributed by atoms with Crippen LogP contribution in [0.4, 0.5) is 5.69 Å². The van der Waals surface area contributed by atoms with E-state index in [1.54, 1.807) is 41.8 Å². The molecule has 2 aromatic carbocycles. The summed E-state index contributed by atoms with van der Waals surface area (Å²) >= 11 is 7.39. The monoisotopic (exact) mass is 475 g/mol. The standard InChI is InChI=1S/C23H26ClN3O4S/c1-4-31-13-7-12-27-22(29)17-8-5-6-9-19(17)26-23(27)32-15(2)21(28)25-16-10-11-20(30-3)18(24)14-16/h5-6,8-11,14-15H,4,7,12-13H2,1-3H3,(H,25,28). The van der Waals surface area contributed by atoms with Gasteiger partial charge in [0, 0.05) is 25.4 Å². The third kappa shape index (κ3) is 5.82. The molecule has 1 atom stereocenters. The van der Waals surface area contributed by atoms with E-state index < -0.39 is 5.25 Å². The number of methoxy groups -OCH3 is 1. The number of carbonyl (C=O) groups is 1. The fraction of sp³-hybridized carbons (Fsp3) is 0.348. The van der Waals surface area contributed by atoms with E-state index in [2.05, 4.69) is 10.3 Å². The van der Waals surface area contributed by atoms with E-state index in [0.29, 0.717) is 58.7 Å². The zero-order valence-corrected chi connectivity index (χ0v) is 19.8. The highest BCUT2D eigenvalue weighted by molar-refractivity contribution is 8.00. The summed E-state index contributed by atoms with van der Waals surface area (Å²) < 4.78 is 12.2. The predicted octanol–water partition coefficient (Wildman–Crippen LogP) is 4.60. The Morgan fingerprint density at radius 2 is 2.06 bits per heavy atom. The maximum absolute atomic E-state index is 13.1. The van der Waals surface area contributed by atoms with Gasteiger partial charge in [0.05, 0.1) is 28.3 Å². The van der Waals surface area contributed by atoms with Crippen molar-refractivity contribution < 1.29 is 14.3 Å². The number of hydrogen-bond acceptors (Lipinski definition) is 6. The summed E-state index contributed by atoms with van der Waals surface area (Å²) in [5.41, 5.74) is 1.05. The summed E-state index contributed by atoms with van der Waals surface area (Å²) in [5, 5.41) is 3.81. The Morgan fingerprint density at radius 3 is 2.78 bits per heavy atom. The zero-order chi connectivity index (χ0) is 23.1. The molecule has 0 fully saturated rings. The Kier molecular flexibility index (Phi) is 8.55. The van der Waals surface area contributed by atoms with Gasteiger partial charge in [0.2, 0.25) is 5.91 Å². The van der Waals surface area contributed by atoms with E-state index in [1.807, 2.05) is 19.1 Å². The number of thioether (sulfide) groups is 1. The number of ether oxygens (including phenoxy) is 2. The van der Waals surface area contributed by atoms with Crippen molar-refractivity contribution in [2.24, 2.45) is 0 Å². The molecule has 0 saturated carbocycles. The largest absolute Gasteiger partial charge is 0.495 e. The lowest BCUT2D eigenvalue weighted by molar-refractivity contribution is -0.115. The zero-order valence-electron chi connectivity index (χ0n) is 18.3. The van der Waals surface area contributed by atoms with Gasteiger partial charge in [-0.3, -0.25) is 14.2 Å². The molecule has 0 aliphatic carbocycles. The minimum Gasteiger partial charge on any atom is -0.495 e. The van der Waals surface area contributed by atoms with Crippen LogP contribution in [0.5, 0.6) is 5.75 Å². The molecule has 0 bridgehead atoms. The third-order valence-corrected chi connectivity index (χ3v) is 6.16. The van der Waals surface area contributed by atoms with Crippen molar-refractivity contribution in [1.82, 2.24) is 9.55 Å². The maximum atomic E-state index is 13.1. The second kappa shape index (κ2) is 11.4. The number of nitrogens with one attached hydrogen (secondary N) is 1. The average molecular weight is 476 g/mol. The quantitative estimate of drug-likeness (QED) is 0.262. The predicted molar refractivity (Wildman–Crippen MR) is 129 cm³/mol. The Labute approximate surface area is 196 Å². The lowest BCUT2D eigenvalue weighted by Crippen LogP contribution is -2.27. The molecular formula is C23H26ClN3O4S. The molecule has 0 saturated heterocycles. The maximum Gasteiger partial charge on any atom is 0.262 e. The number of carbonyl (C=O) groups excluding carboxylic acids is 1. The topological polar surface area (TPSA) is 82.4 Å². The molecule has 1 unspecified atom stereocenters. The van der Waals surface area contributed by atoms with Gasteiger partial charge in [0.25, 0.3) is 5.56 Å². The van der Waals surface area contributed by atoms with Gasteiger partial charge in [0.1, 0.15) is 5.75 Å². The second-order valence-electron chi connectivity index (χ2n) is 7.02. The van der Waals surface area contributed by atoms with Crippen LogP contribution in [0.15, 0.2) is 52.4 Å². The van der Waals surface area contributed by atoms with Crippen LogP contribution in [0.25, 0.3) is 10.9 Å². The summed E-state index contributed by atoms with van der Waals surface area (Å²) in [6.45, 7) is 5.34. The number of nitrogens with zero attached hydrogens (tertiary/aromatic N) is 2. The van der Waals surface area contributed by atoms with Crippen LogP contribution in [0.3, 0.4) is 0 Å². The molecule has 1 amide bonds. The van der Waals surface area contributed by atoms with E-state index in [1.165, 1.54) is 18.9 Å². The summed E-state index contributed by atoms with van der Waals surface area (Å²) in [4.78, 5) is 30.6. The number of aromatic nitrogens is 2. The highest BCUT2D eigenvalue weighted by Gasteiger charge is 2.20. The van der Waals surface area contributed by atoms with Crippen molar-refractivity contribution >= 4 is 45.9 Å². The first kappa shape index (κ1) is 24.1. The van der Waals surface area contributed by atoms with Crippen molar-refractivity contribution in [2.75, 3.05) is 25.6 Å². The SMILES string of the molecule is CCOCCCn1c(SC(C)C(=O)Nc2ccc(OC)c(Cl)c2)nc2ccccc2c1=O. The molecule has 0 spiro atoms. The van der Waals surface area contributed by atoms with Gasteiger partial charge in [-0.05, 0) is 50.6 Å². The molecule has 3 rings (SSSR count). The number of halogens is 1. The number of benzene rings is 2. The van der Waals surface area contributed by atoms with Crippen LogP contribution in [0.1, 0.15) is 20.3 Å². The summed E-state index contributed by atoms with van der Waals surface area (Å²) in [7, 11) is 1.53. The number of hydrogen-bond donors (Lipinski definition) is 1. The van der Waals surface area contributed by atoms with Crippen molar-refractivity contribution in [3.8, 4) is 5.75 Å². The minimum absolute atomic E-state index is 0.121. The molecule has 1 heterocycles. The van der Waals surface area contributed by atoms with Gasteiger partial charge in [-0.2, -0.15) is 0 Å². The molecule has 170 valence electrons. The molecule has 7 nitrogen and oxygen atoms in total. The molecule has 1 N–H and O–H groups in total. The Bertz CT molecular complexity index is 1150. The number of rotatable bonds is 10. The van der Waals surface area contributed by atoms with Crippen LogP contribution in [-0.2, 0) is 16.1 Å². The summed E-state index contributed by atoms with van der Waals surface area (Å²) in [6, 6.07) is 12.3. The van der Waals surface area contributed by atoms with E-state index in [4.69, 9.17) is 21.1 Å². The second-order valence-corrected chi connectivity index (χ2v) is 8.73. The van der Waals surface area contributed by atoms with E-state index in [9.17, 15) is 9.59 Å². The van der Waals surface area contributed by atoms with Crippen molar-refractivity contribution in [3.63, 3.8) is 0 Å². The van der Waals surface area contributed by atoms with Crippen LogP contribution >= 0.6 is 23.4 Å². The first-order valence-corrected chi connectivity index (χ1v) is 11.6. The highest BCUT2D eigenvalue weighted by atomic mass is 35.5. The smallest absolute Gasteiger partial charge is 0.262 e. The fourth-order valence-corrected chi connectivity index (χ4v) is 4.30. The van der Waals surface area contributed by atoms with Crippen molar-refractivity contribution in [2.45, 2.75) is 37.2 Å². The van der Waals surface area contributed by atoms with Gasteiger partial charge >= 0.3 is 0 Å². The van der Waals surface area contributed by atoms with Crippen molar-refractivity contribution in [1.29, 1.82) is 0 Å². The normalized spacial score (nSPS) is 12.0. The Hall–Kier alpha value is -2.55. The molecule has 0 aliphatic heterocycles. The molecule has 9 heteroatoms. The van der Waals surface area contributed by atoms with Gasteiger partial charge in [-0.1, -0.05) is 35.5 Å². The highest BCUT2D eigenvalue weighted by Crippen LogP contribution is 2.28. The van der Waals surface area contributed by atoms with Crippen LogP contribution < -0.4 is 15.6 Å². The number of amides is 1. The lowest BCUT2D eigenvalue weighted by Gasteiger charge is -2.16. The average Bonchev–Trinajstić information content (AvgIpc) is 2.78. The molecule has 3 aromatic rings. The first-order chi connectivity index (χ1) is 15.4. The Balaban J connectivity index is 1.81. The van der Waals surface area contributed by atoms with E-state index in [0.717, 1.165) is 0 Å². The van der Waals surface area contributed by atoms with Crippen LogP contribution in [0.2, 0.25) is 5.02 Å².